The van der Waals surface area contributed by atoms with Gasteiger partial charge >= 0.3 is 0 Å². The van der Waals surface area contributed by atoms with Gasteiger partial charge in [0.25, 0.3) is 0 Å². The fraction of sp³-hybridized carbons (Fsp3) is 0.235. The molecule has 0 aromatic heterocycles. The van der Waals surface area contributed by atoms with Crippen LogP contribution in [0.25, 0.3) is 0 Å². The van der Waals surface area contributed by atoms with E-state index < -0.39 is 0 Å². The van der Waals surface area contributed by atoms with Gasteiger partial charge in [-0.3, -0.25) is 4.99 Å². The highest BCUT2D eigenvalue weighted by molar-refractivity contribution is 9.10. The molecule has 0 fully saturated rings. The van der Waals surface area contributed by atoms with Crippen molar-refractivity contribution in [2.45, 2.75) is 18.9 Å². The van der Waals surface area contributed by atoms with Crippen LogP contribution in [0.4, 0.5) is 5.69 Å². The summed E-state index contributed by atoms with van der Waals surface area (Å²) >= 11 is 3.57. The predicted octanol–water partition coefficient (Wildman–Crippen LogP) is 3.89. The maximum atomic E-state index is 6.20. The summed E-state index contributed by atoms with van der Waals surface area (Å²) in [5.41, 5.74) is 8.30. The summed E-state index contributed by atoms with van der Waals surface area (Å²) in [6.45, 7) is 2.87. The predicted molar refractivity (Wildman–Crippen MR) is 91.5 cm³/mol. The Labute approximate surface area is 133 Å². The SMILES string of the molecule is CCC1(c2cccc(Br)c2)CN=C(N)N1c1ccccc1. The van der Waals surface area contributed by atoms with Crippen LogP contribution in [0.3, 0.4) is 0 Å². The molecular weight excluding hydrogens is 326 g/mol. The first kappa shape index (κ1) is 14.1. The van der Waals surface area contributed by atoms with Crippen molar-refractivity contribution in [2.24, 2.45) is 10.7 Å². The normalized spacial score (nSPS) is 21.4. The molecule has 21 heavy (non-hydrogen) atoms. The molecule has 2 N–H and O–H groups in total. The minimum absolute atomic E-state index is 0.213. The molecule has 2 aromatic rings. The summed E-state index contributed by atoms with van der Waals surface area (Å²) in [5, 5.41) is 0. The van der Waals surface area contributed by atoms with E-state index in [-0.39, 0.29) is 5.54 Å². The topological polar surface area (TPSA) is 41.6 Å². The average Bonchev–Trinajstić information content (AvgIpc) is 2.86. The number of nitrogens with two attached hydrogens (primary N) is 1. The van der Waals surface area contributed by atoms with Crippen LogP contribution in [-0.2, 0) is 5.54 Å². The van der Waals surface area contributed by atoms with E-state index in [1.165, 1.54) is 5.56 Å². The highest BCUT2D eigenvalue weighted by Crippen LogP contribution is 2.40. The Morgan fingerprint density at radius 2 is 1.95 bits per heavy atom. The molecule has 4 heteroatoms. The van der Waals surface area contributed by atoms with Crippen molar-refractivity contribution in [1.82, 2.24) is 0 Å². The van der Waals surface area contributed by atoms with Crippen LogP contribution in [0.1, 0.15) is 18.9 Å². The molecular formula is C17H18BrN3. The summed E-state index contributed by atoms with van der Waals surface area (Å²) < 4.78 is 1.08. The van der Waals surface area contributed by atoms with Gasteiger partial charge in [0.1, 0.15) is 0 Å². The maximum Gasteiger partial charge on any atom is 0.196 e. The zero-order chi connectivity index (χ0) is 14.9. The lowest BCUT2D eigenvalue weighted by Gasteiger charge is -2.39. The van der Waals surface area contributed by atoms with E-state index in [1.54, 1.807) is 0 Å². The molecule has 2 aromatic carbocycles. The van der Waals surface area contributed by atoms with E-state index in [4.69, 9.17) is 5.73 Å². The summed E-state index contributed by atoms with van der Waals surface area (Å²) in [4.78, 5) is 6.69. The second-order valence-electron chi connectivity index (χ2n) is 5.24. The molecule has 1 aliphatic heterocycles. The monoisotopic (exact) mass is 343 g/mol. The third-order valence-corrected chi connectivity index (χ3v) is 4.61. The molecule has 1 unspecified atom stereocenters. The van der Waals surface area contributed by atoms with Gasteiger partial charge in [-0.15, -0.1) is 0 Å². The van der Waals surface area contributed by atoms with Crippen molar-refractivity contribution >= 4 is 27.6 Å². The van der Waals surface area contributed by atoms with Crippen LogP contribution in [0.5, 0.6) is 0 Å². The molecule has 1 aliphatic rings. The molecule has 0 aliphatic carbocycles. The highest BCUT2D eigenvalue weighted by atomic mass is 79.9. The third-order valence-electron chi connectivity index (χ3n) is 4.12. The number of hydrogen-bond donors (Lipinski definition) is 1. The number of anilines is 1. The van der Waals surface area contributed by atoms with Crippen LogP contribution in [0, 0.1) is 0 Å². The number of hydrogen-bond acceptors (Lipinski definition) is 3. The smallest absolute Gasteiger partial charge is 0.196 e. The molecule has 0 bridgehead atoms. The largest absolute Gasteiger partial charge is 0.369 e. The molecule has 3 rings (SSSR count). The van der Waals surface area contributed by atoms with Crippen molar-refractivity contribution in [3.63, 3.8) is 0 Å². The third kappa shape index (κ3) is 2.33. The highest BCUT2D eigenvalue weighted by Gasteiger charge is 2.43. The van der Waals surface area contributed by atoms with Crippen molar-refractivity contribution in [3.05, 3.63) is 64.6 Å². The maximum absolute atomic E-state index is 6.20. The van der Waals surface area contributed by atoms with E-state index in [0.717, 1.165) is 16.6 Å². The molecule has 108 valence electrons. The van der Waals surface area contributed by atoms with Gasteiger partial charge in [0.15, 0.2) is 5.96 Å². The number of guanidine groups is 1. The Hall–Kier alpha value is -1.81. The van der Waals surface area contributed by atoms with Crippen LogP contribution < -0.4 is 10.6 Å². The number of para-hydroxylation sites is 1. The molecule has 3 nitrogen and oxygen atoms in total. The van der Waals surface area contributed by atoms with Crippen molar-refractivity contribution < 1.29 is 0 Å². The number of aliphatic imine (C=N–C) groups is 1. The number of benzene rings is 2. The lowest BCUT2D eigenvalue weighted by atomic mass is 9.86. The molecule has 0 amide bonds. The van der Waals surface area contributed by atoms with Gasteiger partial charge in [-0.25, -0.2) is 0 Å². The number of halogens is 1. The number of rotatable bonds is 3. The fourth-order valence-electron chi connectivity index (χ4n) is 3.00. The van der Waals surface area contributed by atoms with Gasteiger partial charge in [0.2, 0.25) is 0 Å². The quantitative estimate of drug-likeness (QED) is 0.918. The van der Waals surface area contributed by atoms with Gasteiger partial charge in [0, 0.05) is 10.2 Å². The van der Waals surface area contributed by atoms with E-state index >= 15 is 0 Å². The van der Waals surface area contributed by atoms with E-state index in [9.17, 15) is 0 Å². The Morgan fingerprint density at radius 1 is 1.19 bits per heavy atom. The first-order chi connectivity index (χ1) is 10.2. The van der Waals surface area contributed by atoms with Gasteiger partial charge in [-0.05, 0) is 36.2 Å². The molecule has 0 saturated heterocycles. The summed E-state index contributed by atoms with van der Waals surface area (Å²) in [6.07, 6.45) is 0.933. The lowest BCUT2D eigenvalue weighted by Crippen LogP contribution is -2.49. The van der Waals surface area contributed by atoms with Crippen molar-refractivity contribution in [2.75, 3.05) is 11.4 Å². The minimum Gasteiger partial charge on any atom is -0.369 e. The molecule has 0 saturated carbocycles. The van der Waals surface area contributed by atoms with Crippen molar-refractivity contribution in [3.8, 4) is 0 Å². The second kappa shape index (κ2) is 5.53. The van der Waals surface area contributed by atoms with Crippen LogP contribution >= 0.6 is 15.9 Å². The zero-order valence-corrected chi connectivity index (χ0v) is 13.5. The first-order valence-electron chi connectivity index (χ1n) is 7.08. The summed E-state index contributed by atoms with van der Waals surface area (Å²) in [6, 6.07) is 18.6. The molecule has 1 heterocycles. The molecule has 0 radical (unpaired) electrons. The van der Waals surface area contributed by atoms with E-state index in [1.807, 2.05) is 24.3 Å². The standard InChI is InChI=1S/C17H18BrN3/c1-2-17(13-7-6-8-14(18)11-13)12-20-16(19)21(17)15-9-4-3-5-10-15/h3-11H,2,12H2,1H3,(H2,19,20). The van der Waals surface area contributed by atoms with Crippen LogP contribution in [0.2, 0.25) is 0 Å². The zero-order valence-electron chi connectivity index (χ0n) is 12.0. The van der Waals surface area contributed by atoms with Gasteiger partial charge in [0.05, 0.1) is 12.1 Å². The fourth-order valence-corrected chi connectivity index (χ4v) is 3.40. The lowest BCUT2D eigenvalue weighted by molar-refractivity contribution is 0.461. The Kier molecular flexibility index (Phi) is 3.72. The minimum atomic E-state index is -0.213. The van der Waals surface area contributed by atoms with E-state index in [2.05, 4.69) is 63.1 Å². The van der Waals surface area contributed by atoms with Crippen LogP contribution in [-0.4, -0.2) is 12.5 Å². The Bertz CT molecular complexity index is 669. The second-order valence-corrected chi connectivity index (χ2v) is 6.16. The Balaban J connectivity index is 2.13. The van der Waals surface area contributed by atoms with Gasteiger partial charge in [-0.1, -0.05) is 53.2 Å². The van der Waals surface area contributed by atoms with Crippen LogP contribution in [0.15, 0.2) is 64.1 Å². The van der Waals surface area contributed by atoms with Gasteiger partial charge in [-0.2, -0.15) is 0 Å². The summed E-state index contributed by atoms with van der Waals surface area (Å²) in [5.74, 6) is 0.586. The van der Waals surface area contributed by atoms with Crippen molar-refractivity contribution in [1.29, 1.82) is 0 Å². The molecule has 1 atom stereocenters. The number of nitrogens with zero attached hydrogens (tertiary/aromatic N) is 2. The first-order valence-corrected chi connectivity index (χ1v) is 7.88. The summed E-state index contributed by atoms with van der Waals surface area (Å²) in [7, 11) is 0. The van der Waals surface area contributed by atoms with E-state index in [0.29, 0.717) is 12.5 Å². The molecule has 0 spiro atoms. The van der Waals surface area contributed by atoms with Gasteiger partial charge < -0.3 is 10.6 Å². The Morgan fingerprint density at radius 3 is 2.62 bits per heavy atom. The average molecular weight is 344 g/mol.